The second-order valence-electron chi connectivity index (χ2n) is 7.04. The molecule has 1 saturated heterocycles. The average molecular weight is 461 g/mol. The zero-order valence-corrected chi connectivity index (χ0v) is 18.1. The Morgan fingerprint density at radius 2 is 2.04 bits per heavy atom. The number of fused-ring (bicyclic) bond motifs is 1. The third-order valence-corrected chi connectivity index (χ3v) is 5.56. The number of nitrogens with zero attached hydrogens (tertiary/aromatic N) is 2. The Bertz CT molecular complexity index is 826. The molecule has 2 fully saturated rings. The fourth-order valence-electron chi connectivity index (χ4n) is 3.65. The standard InChI is InChI=1S/C19H22BrN3O.2ClH/c1-11-10-23(8-7-21-11)19(24)17-12(2)18(13-3-4-13)22-16-6-5-14(20)9-15(16)17;;/h5-6,9,11,13,21H,3-4,7-8,10H2,1-2H3;2*1H. The van der Waals surface area contributed by atoms with Crippen molar-refractivity contribution in [3.05, 3.63) is 39.5 Å². The molecule has 1 amide bonds. The molecule has 1 atom stereocenters. The zero-order valence-electron chi connectivity index (χ0n) is 14.9. The van der Waals surface area contributed by atoms with Crippen LogP contribution in [0.3, 0.4) is 0 Å². The molecule has 2 heterocycles. The molecule has 0 spiro atoms. The molecular formula is C19H24BrCl2N3O. The number of hydrogen-bond acceptors (Lipinski definition) is 3. The van der Waals surface area contributed by atoms with Crippen LogP contribution in [-0.4, -0.2) is 41.5 Å². The molecule has 7 heteroatoms. The summed E-state index contributed by atoms with van der Waals surface area (Å²) in [6.45, 7) is 6.57. The highest BCUT2D eigenvalue weighted by atomic mass is 79.9. The van der Waals surface area contributed by atoms with Gasteiger partial charge < -0.3 is 10.2 Å². The van der Waals surface area contributed by atoms with Gasteiger partial charge in [-0.1, -0.05) is 15.9 Å². The first-order valence-corrected chi connectivity index (χ1v) is 9.46. The van der Waals surface area contributed by atoms with Gasteiger partial charge in [0.25, 0.3) is 5.91 Å². The van der Waals surface area contributed by atoms with Crippen LogP contribution in [0.25, 0.3) is 10.9 Å². The molecule has 1 saturated carbocycles. The molecule has 1 aromatic heterocycles. The lowest BCUT2D eigenvalue weighted by molar-refractivity contribution is 0.0710. The summed E-state index contributed by atoms with van der Waals surface area (Å²) in [4.78, 5) is 20.2. The van der Waals surface area contributed by atoms with E-state index in [2.05, 4.69) is 35.1 Å². The normalized spacial score (nSPS) is 19.7. The molecule has 26 heavy (non-hydrogen) atoms. The van der Waals surface area contributed by atoms with Gasteiger partial charge in [-0.25, -0.2) is 0 Å². The van der Waals surface area contributed by atoms with Gasteiger partial charge in [0.1, 0.15) is 0 Å². The van der Waals surface area contributed by atoms with E-state index in [4.69, 9.17) is 4.98 Å². The number of halogens is 3. The van der Waals surface area contributed by atoms with Crippen molar-refractivity contribution in [1.82, 2.24) is 15.2 Å². The smallest absolute Gasteiger partial charge is 0.254 e. The minimum Gasteiger partial charge on any atom is -0.336 e. The molecular weight excluding hydrogens is 437 g/mol. The quantitative estimate of drug-likeness (QED) is 0.719. The molecule has 1 unspecified atom stereocenters. The molecule has 1 aromatic carbocycles. The largest absolute Gasteiger partial charge is 0.336 e. The first-order valence-electron chi connectivity index (χ1n) is 8.67. The summed E-state index contributed by atoms with van der Waals surface area (Å²) in [5.41, 5.74) is 3.96. The number of aromatic nitrogens is 1. The third-order valence-electron chi connectivity index (χ3n) is 5.06. The van der Waals surface area contributed by atoms with Gasteiger partial charge in [0.05, 0.1) is 11.1 Å². The molecule has 4 nitrogen and oxygen atoms in total. The molecule has 142 valence electrons. The first-order chi connectivity index (χ1) is 11.5. The van der Waals surface area contributed by atoms with Crippen LogP contribution in [0.1, 0.15) is 47.3 Å². The van der Waals surface area contributed by atoms with Crippen molar-refractivity contribution in [3.8, 4) is 0 Å². The number of hydrogen-bond donors (Lipinski definition) is 1. The van der Waals surface area contributed by atoms with Gasteiger partial charge in [0.2, 0.25) is 0 Å². The summed E-state index contributed by atoms with van der Waals surface area (Å²) >= 11 is 3.54. The Kier molecular flexibility index (Phi) is 6.94. The highest BCUT2D eigenvalue weighted by Gasteiger charge is 2.31. The van der Waals surface area contributed by atoms with Crippen LogP contribution in [0.5, 0.6) is 0 Å². The minimum absolute atomic E-state index is 0. The zero-order chi connectivity index (χ0) is 16.8. The van der Waals surface area contributed by atoms with Crippen LogP contribution < -0.4 is 5.32 Å². The van der Waals surface area contributed by atoms with Gasteiger partial charge in [-0.3, -0.25) is 9.78 Å². The number of nitrogens with one attached hydrogen (secondary N) is 1. The number of carbonyl (C=O) groups excluding carboxylic acids is 1. The van der Waals surface area contributed by atoms with E-state index >= 15 is 0 Å². The molecule has 2 aromatic rings. The van der Waals surface area contributed by atoms with Crippen LogP contribution in [0.15, 0.2) is 22.7 Å². The van der Waals surface area contributed by atoms with Crippen LogP contribution in [0, 0.1) is 6.92 Å². The van der Waals surface area contributed by atoms with Gasteiger partial charge in [-0.2, -0.15) is 0 Å². The summed E-state index contributed by atoms with van der Waals surface area (Å²) in [5.74, 6) is 0.680. The highest BCUT2D eigenvalue weighted by molar-refractivity contribution is 9.10. The van der Waals surface area contributed by atoms with Gasteiger partial charge in [0, 0.05) is 47.1 Å². The summed E-state index contributed by atoms with van der Waals surface area (Å²) in [7, 11) is 0. The monoisotopic (exact) mass is 459 g/mol. The number of benzene rings is 1. The maximum atomic E-state index is 13.3. The minimum atomic E-state index is 0. The number of carbonyl (C=O) groups is 1. The Hall–Kier alpha value is -0.880. The van der Waals surface area contributed by atoms with Crippen molar-refractivity contribution < 1.29 is 4.79 Å². The Morgan fingerprint density at radius 1 is 1.31 bits per heavy atom. The van der Waals surface area contributed by atoms with E-state index in [9.17, 15) is 4.79 Å². The lowest BCUT2D eigenvalue weighted by Crippen LogP contribution is -2.51. The predicted molar refractivity (Wildman–Crippen MR) is 114 cm³/mol. The highest BCUT2D eigenvalue weighted by Crippen LogP contribution is 2.42. The van der Waals surface area contributed by atoms with Crippen LogP contribution >= 0.6 is 40.7 Å². The van der Waals surface area contributed by atoms with Crippen molar-refractivity contribution >= 4 is 57.6 Å². The fraction of sp³-hybridized carbons (Fsp3) is 0.474. The second kappa shape index (κ2) is 8.42. The molecule has 4 rings (SSSR count). The maximum Gasteiger partial charge on any atom is 0.254 e. The summed E-state index contributed by atoms with van der Waals surface area (Å²) < 4.78 is 0.984. The van der Waals surface area contributed by atoms with Crippen molar-refractivity contribution in [3.63, 3.8) is 0 Å². The molecule has 1 aliphatic carbocycles. The molecule has 2 aliphatic rings. The Morgan fingerprint density at radius 3 is 2.69 bits per heavy atom. The van der Waals surface area contributed by atoms with Crippen molar-refractivity contribution in [2.24, 2.45) is 0 Å². The average Bonchev–Trinajstić information content (AvgIpc) is 3.38. The molecule has 1 N–H and O–H groups in total. The SMILES string of the molecule is Cc1c(C2CC2)nc2ccc(Br)cc2c1C(=O)N1CCNC(C)C1.Cl.Cl. The summed E-state index contributed by atoms with van der Waals surface area (Å²) in [5, 5.41) is 4.37. The van der Waals surface area contributed by atoms with E-state index in [1.165, 1.54) is 12.8 Å². The maximum absolute atomic E-state index is 13.3. The molecule has 0 bridgehead atoms. The van der Waals surface area contributed by atoms with Crippen molar-refractivity contribution in [1.29, 1.82) is 0 Å². The van der Waals surface area contributed by atoms with Crippen molar-refractivity contribution in [2.75, 3.05) is 19.6 Å². The molecule has 1 aliphatic heterocycles. The number of amides is 1. The Labute approximate surface area is 175 Å². The predicted octanol–water partition coefficient (Wildman–Crippen LogP) is 4.46. The first kappa shape index (κ1) is 21.4. The van der Waals surface area contributed by atoms with E-state index in [1.807, 2.05) is 23.1 Å². The van der Waals surface area contributed by atoms with Crippen LogP contribution in [0.2, 0.25) is 0 Å². The van der Waals surface area contributed by atoms with E-state index in [1.54, 1.807) is 0 Å². The van der Waals surface area contributed by atoms with Gasteiger partial charge in [-0.15, -0.1) is 24.8 Å². The van der Waals surface area contributed by atoms with E-state index < -0.39 is 0 Å². The van der Waals surface area contributed by atoms with Gasteiger partial charge in [-0.05, 0) is 50.5 Å². The number of piperazine rings is 1. The number of pyridine rings is 1. The second-order valence-corrected chi connectivity index (χ2v) is 7.95. The fourth-order valence-corrected chi connectivity index (χ4v) is 4.02. The van der Waals surface area contributed by atoms with Gasteiger partial charge >= 0.3 is 0 Å². The van der Waals surface area contributed by atoms with E-state index in [0.29, 0.717) is 12.0 Å². The van der Waals surface area contributed by atoms with Gasteiger partial charge in [0.15, 0.2) is 0 Å². The van der Waals surface area contributed by atoms with E-state index in [-0.39, 0.29) is 30.7 Å². The summed E-state index contributed by atoms with van der Waals surface area (Å²) in [6, 6.07) is 6.39. The Balaban J connectivity index is 0.00000121. The lowest BCUT2D eigenvalue weighted by atomic mass is 9.98. The lowest BCUT2D eigenvalue weighted by Gasteiger charge is -2.32. The van der Waals surface area contributed by atoms with Crippen LogP contribution in [0.4, 0.5) is 0 Å². The van der Waals surface area contributed by atoms with E-state index in [0.717, 1.165) is 51.8 Å². The topological polar surface area (TPSA) is 45.2 Å². The molecule has 0 radical (unpaired) electrons. The van der Waals surface area contributed by atoms with Crippen LogP contribution in [-0.2, 0) is 0 Å². The van der Waals surface area contributed by atoms with Crippen molar-refractivity contribution in [2.45, 2.75) is 38.6 Å². The summed E-state index contributed by atoms with van der Waals surface area (Å²) in [6.07, 6.45) is 2.38. The third kappa shape index (κ3) is 4.01. The number of rotatable bonds is 2.